The van der Waals surface area contributed by atoms with Crippen LogP contribution in [0.3, 0.4) is 0 Å². The zero-order chi connectivity index (χ0) is 24.7. The Morgan fingerprint density at radius 2 is 1.89 bits per heavy atom. The number of hydrogen-bond acceptors (Lipinski definition) is 4. The van der Waals surface area contributed by atoms with Gasteiger partial charge in [0.05, 0.1) is 5.71 Å². The van der Waals surface area contributed by atoms with Crippen LogP contribution in [0.2, 0.25) is 0 Å². The largest absolute Gasteiger partial charge is 0.385 e. The lowest BCUT2D eigenvalue weighted by atomic mass is 9.46. The SMILES string of the molecule is C#C[C@]1(O)CC[C@H]2[C@@H]3CCC4=C/C(=N/OCC(=O)NCC5CCCCC5)CC[C@]4(C)[C@H]3CC[C@@]21C. The molecule has 0 aliphatic heterocycles. The van der Waals surface area contributed by atoms with Crippen LogP contribution in [-0.4, -0.2) is 35.5 Å². The first kappa shape index (κ1) is 24.9. The minimum atomic E-state index is -0.938. The van der Waals surface area contributed by atoms with Crippen molar-refractivity contribution in [3.63, 3.8) is 0 Å². The number of oxime groups is 1. The van der Waals surface area contributed by atoms with Gasteiger partial charge in [0.1, 0.15) is 5.60 Å². The number of rotatable bonds is 5. The van der Waals surface area contributed by atoms with Gasteiger partial charge in [-0.2, -0.15) is 0 Å². The molecule has 0 aromatic rings. The Hall–Kier alpha value is -1.80. The Labute approximate surface area is 211 Å². The summed E-state index contributed by atoms with van der Waals surface area (Å²) >= 11 is 0. The Balaban J connectivity index is 1.19. The number of terminal acetylenes is 1. The molecule has 35 heavy (non-hydrogen) atoms. The summed E-state index contributed by atoms with van der Waals surface area (Å²) in [6.45, 7) is 5.47. The molecule has 0 radical (unpaired) electrons. The zero-order valence-corrected chi connectivity index (χ0v) is 21.8. The first-order chi connectivity index (χ1) is 16.8. The summed E-state index contributed by atoms with van der Waals surface area (Å²) in [5, 5.41) is 18.6. The number of allylic oxidation sites excluding steroid dienone is 2. The normalized spacial score (nSPS) is 42.3. The third-order valence-electron chi connectivity index (χ3n) is 11.1. The standard InChI is InChI=1S/C30H44N2O3/c1-4-30(34)17-14-26-24-11-10-22-18-23(12-15-28(22,2)25(24)13-16-29(26,30)3)32-35-20-27(33)31-19-21-8-6-5-7-9-21/h1,18,21,24-26,34H,5-17,19-20H2,2-3H3,(H,31,33)/b32-23+/t24-,25+,26+,28+,29+,30+/m1/s1. The van der Waals surface area contributed by atoms with Gasteiger partial charge in [-0.25, -0.2) is 0 Å². The van der Waals surface area contributed by atoms with Crippen LogP contribution in [0.5, 0.6) is 0 Å². The molecule has 0 aromatic carbocycles. The summed E-state index contributed by atoms with van der Waals surface area (Å²) in [5.74, 6) is 5.15. The first-order valence-electron chi connectivity index (χ1n) is 14.2. The summed E-state index contributed by atoms with van der Waals surface area (Å²) in [6, 6.07) is 0. The Kier molecular flexibility index (Phi) is 6.81. The highest BCUT2D eigenvalue weighted by atomic mass is 16.6. The second-order valence-electron chi connectivity index (χ2n) is 12.7. The quantitative estimate of drug-likeness (QED) is 0.410. The maximum atomic E-state index is 12.2. The van der Waals surface area contributed by atoms with Crippen LogP contribution in [0, 0.1) is 46.8 Å². The molecule has 5 aliphatic carbocycles. The monoisotopic (exact) mass is 480 g/mol. The topological polar surface area (TPSA) is 70.9 Å². The fraction of sp³-hybridized carbons (Fsp3) is 0.800. The van der Waals surface area contributed by atoms with Gasteiger partial charge in [0.25, 0.3) is 5.91 Å². The van der Waals surface area contributed by atoms with Crippen molar-refractivity contribution in [2.75, 3.05) is 13.2 Å². The van der Waals surface area contributed by atoms with Gasteiger partial charge in [-0.3, -0.25) is 4.79 Å². The van der Waals surface area contributed by atoms with Crippen LogP contribution in [0.4, 0.5) is 0 Å². The molecule has 0 unspecified atom stereocenters. The van der Waals surface area contributed by atoms with E-state index in [1.807, 2.05) is 0 Å². The van der Waals surface area contributed by atoms with E-state index in [-0.39, 0.29) is 23.3 Å². The third-order valence-corrected chi connectivity index (χ3v) is 11.1. The lowest BCUT2D eigenvalue weighted by Crippen LogP contribution is -2.54. The molecule has 2 N–H and O–H groups in total. The van der Waals surface area contributed by atoms with Gasteiger partial charge in [-0.1, -0.05) is 49.8 Å². The highest BCUT2D eigenvalue weighted by Gasteiger charge is 2.63. The number of carbonyl (C=O) groups excluding carboxylic acids is 1. The highest BCUT2D eigenvalue weighted by molar-refractivity contribution is 5.96. The van der Waals surface area contributed by atoms with Gasteiger partial charge in [0.15, 0.2) is 6.61 Å². The summed E-state index contributed by atoms with van der Waals surface area (Å²) in [5.41, 5.74) is 1.58. The molecule has 4 fully saturated rings. The number of nitrogens with one attached hydrogen (secondary N) is 1. The summed E-state index contributed by atoms with van der Waals surface area (Å²) in [6.07, 6.45) is 22.6. The van der Waals surface area contributed by atoms with Crippen molar-refractivity contribution in [1.29, 1.82) is 0 Å². The molecule has 6 atom stereocenters. The van der Waals surface area contributed by atoms with Crippen molar-refractivity contribution >= 4 is 11.6 Å². The van der Waals surface area contributed by atoms with Gasteiger partial charge in [0, 0.05) is 12.0 Å². The maximum Gasteiger partial charge on any atom is 0.260 e. The van der Waals surface area contributed by atoms with Crippen LogP contribution in [0.1, 0.15) is 97.3 Å². The van der Waals surface area contributed by atoms with Crippen LogP contribution in [0.15, 0.2) is 16.8 Å². The summed E-state index contributed by atoms with van der Waals surface area (Å²) < 4.78 is 0. The Morgan fingerprint density at radius 3 is 2.66 bits per heavy atom. The minimum absolute atomic E-state index is 0.000287. The summed E-state index contributed by atoms with van der Waals surface area (Å²) in [7, 11) is 0. The molecule has 1 amide bonds. The molecule has 5 rings (SSSR count). The fourth-order valence-electron chi connectivity index (χ4n) is 8.77. The molecule has 5 aliphatic rings. The Bertz CT molecular complexity index is 928. The van der Waals surface area contributed by atoms with Crippen LogP contribution < -0.4 is 5.32 Å². The van der Waals surface area contributed by atoms with Gasteiger partial charge >= 0.3 is 0 Å². The average molecular weight is 481 g/mol. The van der Waals surface area contributed by atoms with E-state index in [4.69, 9.17) is 11.3 Å². The number of nitrogens with zero attached hydrogens (tertiary/aromatic N) is 1. The molecular weight excluding hydrogens is 436 g/mol. The van der Waals surface area contributed by atoms with Gasteiger partial charge < -0.3 is 15.3 Å². The Morgan fingerprint density at radius 1 is 1.11 bits per heavy atom. The lowest BCUT2D eigenvalue weighted by Gasteiger charge is -2.58. The number of hydrogen-bond donors (Lipinski definition) is 2. The molecular formula is C30H44N2O3. The van der Waals surface area contributed by atoms with E-state index in [1.165, 1.54) is 44.1 Å². The van der Waals surface area contributed by atoms with Crippen LogP contribution in [0.25, 0.3) is 0 Å². The summed E-state index contributed by atoms with van der Waals surface area (Å²) in [4.78, 5) is 17.7. The molecule has 5 nitrogen and oxygen atoms in total. The van der Waals surface area contributed by atoms with Crippen molar-refractivity contribution in [3.8, 4) is 12.3 Å². The average Bonchev–Trinajstić information content (AvgIpc) is 3.14. The van der Waals surface area contributed by atoms with E-state index in [0.717, 1.165) is 57.2 Å². The molecule has 4 saturated carbocycles. The number of aliphatic hydroxyl groups is 1. The molecule has 0 bridgehead atoms. The van der Waals surface area contributed by atoms with Crippen molar-refractivity contribution in [3.05, 3.63) is 11.6 Å². The van der Waals surface area contributed by atoms with E-state index in [2.05, 4.69) is 36.3 Å². The molecule has 5 heteroatoms. The third kappa shape index (κ3) is 4.35. The van der Waals surface area contributed by atoms with E-state index in [1.54, 1.807) is 0 Å². The molecule has 0 heterocycles. The molecule has 0 saturated heterocycles. The number of amides is 1. The smallest absolute Gasteiger partial charge is 0.260 e. The predicted octanol–water partition coefficient (Wildman–Crippen LogP) is 5.38. The highest BCUT2D eigenvalue weighted by Crippen LogP contribution is 2.67. The van der Waals surface area contributed by atoms with Crippen LogP contribution >= 0.6 is 0 Å². The van der Waals surface area contributed by atoms with Gasteiger partial charge in [-0.05, 0) is 99.4 Å². The van der Waals surface area contributed by atoms with Crippen molar-refractivity contribution in [2.45, 2.75) is 103 Å². The van der Waals surface area contributed by atoms with Gasteiger partial charge in [-0.15, -0.1) is 6.42 Å². The maximum absolute atomic E-state index is 12.2. The van der Waals surface area contributed by atoms with E-state index < -0.39 is 5.60 Å². The van der Waals surface area contributed by atoms with Gasteiger partial charge in [0.2, 0.25) is 0 Å². The van der Waals surface area contributed by atoms with E-state index >= 15 is 0 Å². The molecule has 0 aromatic heterocycles. The zero-order valence-electron chi connectivity index (χ0n) is 21.8. The lowest BCUT2D eigenvalue weighted by molar-refractivity contribution is -0.125. The van der Waals surface area contributed by atoms with Crippen LogP contribution in [-0.2, 0) is 9.63 Å². The second-order valence-corrected chi connectivity index (χ2v) is 12.7. The predicted molar refractivity (Wildman–Crippen MR) is 138 cm³/mol. The van der Waals surface area contributed by atoms with Crippen molar-refractivity contribution in [1.82, 2.24) is 5.32 Å². The first-order valence-corrected chi connectivity index (χ1v) is 14.2. The van der Waals surface area contributed by atoms with E-state index in [0.29, 0.717) is 23.7 Å². The number of fused-ring (bicyclic) bond motifs is 5. The van der Waals surface area contributed by atoms with Crippen molar-refractivity contribution in [2.24, 2.45) is 39.7 Å². The minimum Gasteiger partial charge on any atom is -0.385 e. The molecule has 0 spiro atoms. The van der Waals surface area contributed by atoms with Crippen molar-refractivity contribution < 1.29 is 14.7 Å². The number of carbonyl (C=O) groups is 1. The fourth-order valence-corrected chi connectivity index (χ4v) is 8.77. The second kappa shape index (κ2) is 9.58. The molecule has 192 valence electrons. The van der Waals surface area contributed by atoms with E-state index in [9.17, 15) is 9.90 Å².